The number of benzene rings is 1. The second kappa shape index (κ2) is 8.76. The highest BCUT2D eigenvalue weighted by molar-refractivity contribution is 9.10. The van der Waals surface area contributed by atoms with Gasteiger partial charge < -0.3 is 20.1 Å². The van der Waals surface area contributed by atoms with E-state index in [1.165, 1.54) is 6.07 Å². The van der Waals surface area contributed by atoms with Crippen LogP contribution in [0.5, 0.6) is 0 Å². The molecule has 1 aliphatic rings. The molecule has 156 valence electrons. The fraction of sp³-hybridized carbons (Fsp3) is 0.211. The number of nitro groups is 1. The molecule has 1 amide bonds. The van der Waals surface area contributed by atoms with Gasteiger partial charge in [-0.1, -0.05) is 17.3 Å². The van der Waals surface area contributed by atoms with Gasteiger partial charge in [-0.2, -0.15) is 0 Å². The van der Waals surface area contributed by atoms with Gasteiger partial charge in [-0.15, -0.1) is 6.58 Å². The maximum absolute atomic E-state index is 13.2. The van der Waals surface area contributed by atoms with E-state index >= 15 is 0 Å². The molecule has 30 heavy (non-hydrogen) atoms. The third-order valence-electron chi connectivity index (χ3n) is 4.52. The van der Waals surface area contributed by atoms with Gasteiger partial charge >= 0.3 is 0 Å². The summed E-state index contributed by atoms with van der Waals surface area (Å²) in [6, 6.07) is 5.57. The number of carbonyl (C=O) groups is 1. The molecule has 1 aromatic heterocycles. The second-order valence-corrected chi connectivity index (χ2v) is 7.77. The molecule has 0 unspecified atom stereocenters. The number of carbonyl (C=O) groups excluding carboxylic acids is 1. The summed E-state index contributed by atoms with van der Waals surface area (Å²) < 4.78 is 5.34. The van der Waals surface area contributed by atoms with Crippen LogP contribution in [0.1, 0.15) is 24.3 Å². The van der Waals surface area contributed by atoms with Crippen LogP contribution < -0.4 is 10.6 Å². The molecule has 0 saturated heterocycles. The van der Waals surface area contributed by atoms with Crippen LogP contribution in [0.25, 0.3) is 0 Å². The zero-order valence-electron chi connectivity index (χ0n) is 16.1. The van der Waals surface area contributed by atoms with E-state index in [-0.39, 0.29) is 11.5 Å². The fourth-order valence-corrected chi connectivity index (χ4v) is 3.85. The number of hydrogen-bond acceptors (Lipinski definition) is 6. The Morgan fingerprint density at radius 3 is 2.83 bits per heavy atom. The molecule has 0 saturated carbocycles. The molecule has 0 fully saturated rings. The average Bonchev–Trinajstić information content (AvgIpc) is 3.09. The molecule has 11 heteroatoms. The Bertz CT molecular complexity index is 1080. The van der Waals surface area contributed by atoms with Crippen molar-refractivity contribution in [3.05, 3.63) is 74.1 Å². The van der Waals surface area contributed by atoms with E-state index in [1.807, 2.05) is 0 Å². The van der Waals surface area contributed by atoms with Gasteiger partial charge in [-0.25, -0.2) is 0 Å². The number of aryl methyl sites for hydroxylation is 1. The molecule has 0 radical (unpaired) electrons. The van der Waals surface area contributed by atoms with Crippen molar-refractivity contribution in [2.24, 2.45) is 0 Å². The molecule has 9 nitrogen and oxygen atoms in total. The lowest BCUT2D eigenvalue weighted by Gasteiger charge is -2.37. The van der Waals surface area contributed by atoms with Gasteiger partial charge in [0.05, 0.1) is 21.0 Å². The number of anilines is 1. The number of amides is 1. The number of hydrogen-bond donors (Lipinski definition) is 2. The van der Waals surface area contributed by atoms with Gasteiger partial charge in [-0.05, 0) is 53.6 Å². The quantitative estimate of drug-likeness (QED) is 0.270. The first-order chi connectivity index (χ1) is 14.2. The van der Waals surface area contributed by atoms with Gasteiger partial charge in [0.25, 0.3) is 11.6 Å². The van der Waals surface area contributed by atoms with E-state index < -0.39 is 16.9 Å². The highest BCUT2D eigenvalue weighted by atomic mass is 79.9. The molecule has 0 aliphatic carbocycles. The van der Waals surface area contributed by atoms with E-state index in [9.17, 15) is 14.9 Å². The first kappa shape index (κ1) is 21.7. The van der Waals surface area contributed by atoms with Crippen molar-refractivity contribution in [1.82, 2.24) is 15.4 Å². The molecule has 2 aromatic rings. The van der Waals surface area contributed by atoms with Gasteiger partial charge in [0.1, 0.15) is 5.76 Å². The summed E-state index contributed by atoms with van der Waals surface area (Å²) in [6.45, 7) is 7.60. The summed E-state index contributed by atoms with van der Waals surface area (Å²) in [7, 11) is 0. The Hall–Kier alpha value is -3.05. The van der Waals surface area contributed by atoms with Crippen molar-refractivity contribution in [3.8, 4) is 0 Å². The standard InChI is InChI=1S/C19H18BrN5O4S/c1-4-7-24-11(3)16(18(26)21-15-8-10(2)29-23-15)17(22-19(24)30)12-5-6-13(20)14(9-12)25(27)28/h4-6,8-9,17H,1,7H2,2-3H3,(H,22,30)(H,21,23,26)/t17-/m0/s1. The first-order valence-corrected chi connectivity index (χ1v) is 10.0. The van der Waals surface area contributed by atoms with Gasteiger partial charge in [0.2, 0.25) is 0 Å². The summed E-state index contributed by atoms with van der Waals surface area (Å²) in [6.07, 6.45) is 1.67. The van der Waals surface area contributed by atoms with E-state index in [1.54, 1.807) is 43.0 Å². The van der Waals surface area contributed by atoms with Crippen LogP contribution in [0.15, 0.2) is 57.2 Å². The van der Waals surface area contributed by atoms with Crippen LogP contribution in [-0.4, -0.2) is 32.5 Å². The normalized spacial score (nSPS) is 16.3. The summed E-state index contributed by atoms with van der Waals surface area (Å²) in [5.41, 5.74) is 1.36. The molecular formula is C19H18BrN5O4S. The largest absolute Gasteiger partial charge is 0.360 e. The van der Waals surface area contributed by atoms with Crippen molar-refractivity contribution < 1.29 is 14.2 Å². The highest BCUT2D eigenvalue weighted by Gasteiger charge is 2.34. The number of halogens is 1. The van der Waals surface area contributed by atoms with Crippen LogP contribution in [0.2, 0.25) is 0 Å². The van der Waals surface area contributed by atoms with Crippen LogP contribution in [0.4, 0.5) is 11.5 Å². The summed E-state index contributed by atoms with van der Waals surface area (Å²) in [5, 5.41) is 21.4. The SMILES string of the molecule is C=CCN1C(=S)N[C@@H](c2ccc(Br)c([N+](=O)[O-])c2)C(C(=O)Nc2cc(C)on2)=C1C. The monoisotopic (exact) mass is 491 g/mol. The number of nitrogens with zero attached hydrogens (tertiary/aromatic N) is 3. The van der Waals surface area contributed by atoms with Crippen molar-refractivity contribution in [2.45, 2.75) is 19.9 Å². The van der Waals surface area contributed by atoms with Crippen molar-refractivity contribution in [3.63, 3.8) is 0 Å². The Labute approximate surface area is 186 Å². The number of allylic oxidation sites excluding steroid dienone is 1. The van der Waals surface area contributed by atoms with E-state index in [4.69, 9.17) is 16.7 Å². The number of rotatable bonds is 6. The lowest BCUT2D eigenvalue weighted by Crippen LogP contribution is -2.48. The number of nitro benzene ring substituents is 1. The third kappa shape index (κ3) is 4.26. The zero-order valence-corrected chi connectivity index (χ0v) is 18.5. The minimum Gasteiger partial charge on any atom is -0.360 e. The number of nitrogens with one attached hydrogen (secondary N) is 2. The van der Waals surface area contributed by atoms with E-state index in [2.05, 4.69) is 38.3 Å². The Kier molecular flexibility index (Phi) is 6.32. The molecule has 1 atom stereocenters. The second-order valence-electron chi connectivity index (χ2n) is 6.53. The topological polar surface area (TPSA) is 114 Å². The van der Waals surface area contributed by atoms with Gasteiger partial charge in [0, 0.05) is 24.4 Å². The maximum atomic E-state index is 13.2. The third-order valence-corrected chi connectivity index (χ3v) is 5.53. The molecule has 1 aromatic carbocycles. The van der Waals surface area contributed by atoms with Gasteiger partial charge in [-0.3, -0.25) is 14.9 Å². The first-order valence-electron chi connectivity index (χ1n) is 8.81. The fourth-order valence-electron chi connectivity index (χ4n) is 3.13. The molecule has 0 bridgehead atoms. The van der Waals surface area contributed by atoms with Crippen LogP contribution in [0, 0.1) is 17.0 Å². The van der Waals surface area contributed by atoms with Crippen molar-refractivity contribution in [2.75, 3.05) is 11.9 Å². The van der Waals surface area contributed by atoms with Crippen LogP contribution >= 0.6 is 28.1 Å². The van der Waals surface area contributed by atoms with Gasteiger partial charge in [0.15, 0.2) is 10.9 Å². The van der Waals surface area contributed by atoms with E-state index in [0.29, 0.717) is 38.7 Å². The maximum Gasteiger partial charge on any atom is 0.283 e. The lowest BCUT2D eigenvalue weighted by atomic mass is 9.94. The Morgan fingerprint density at radius 2 is 2.23 bits per heavy atom. The predicted octanol–water partition coefficient (Wildman–Crippen LogP) is 3.98. The minimum absolute atomic E-state index is 0.113. The molecule has 1 aliphatic heterocycles. The Balaban J connectivity index is 2.09. The molecule has 2 N–H and O–H groups in total. The molecular weight excluding hydrogens is 474 g/mol. The molecule has 3 rings (SSSR count). The van der Waals surface area contributed by atoms with Crippen molar-refractivity contribution >= 4 is 50.7 Å². The average molecular weight is 492 g/mol. The van der Waals surface area contributed by atoms with E-state index in [0.717, 1.165) is 0 Å². The smallest absolute Gasteiger partial charge is 0.283 e. The number of thiocarbonyl (C=S) groups is 1. The summed E-state index contributed by atoms with van der Waals surface area (Å²) in [4.78, 5) is 25.8. The zero-order chi connectivity index (χ0) is 22.0. The van der Waals surface area contributed by atoms with Crippen LogP contribution in [-0.2, 0) is 4.79 Å². The lowest BCUT2D eigenvalue weighted by molar-refractivity contribution is -0.385. The van der Waals surface area contributed by atoms with Crippen LogP contribution in [0.3, 0.4) is 0 Å². The summed E-state index contributed by atoms with van der Waals surface area (Å²) >= 11 is 8.64. The predicted molar refractivity (Wildman–Crippen MR) is 119 cm³/mol. The highest BCUT2D eigenvalue weighted by Crippen LogP contribution is 2.35. The summed E-state index contributed by atoms with van der Waals surface area (Å²) in [5.74, 6) is 0.384. The number of aromatic nitrogens is 1. The Morgan fingerprint density at radius 1 is 1.50 bits per heavy atom. The minimum atomic E-state index is -0.696. The molecule has 0 spiro atoms. The molecule has 2 heterocycles. The van der Waals surface area contributed by atoms with Crippen molar-refractivity contribution in [1.29, 1.82) is 0 Å².